The molecule has 0 radical (unpaired) electrons. The van der Waals surface area contributed by atoms with Crippen molar-refractivity contribution in [2.75, 3.05) is 0 Å². The topological polar surface area (TPSA) is 38.0 Å². The third-order valence-electron chi connectivity index (χ3n) is 4.19. The lowest BCUT2D eigenvalue weighted by Gasteiger charge is -2.25. The summed E-state index contributed by atoms with van der Waals surface area (Å²) in [6, 6.07) is 9.29. The van der Waals surface area contributed by atoms with E-state index in [2.05, 4.69) is 50.5 Å². The summed E-state index contributed by atoms with van der Waals surface area (Å²) in [6.45, 7) is 6.74. The summed E-state index contributed by atoms with van der Waals surface area (Å²) in [5.74, 6) is 6.46. The van der Waals surface area contributed by atoms with E-state index in [1.165, 1.54) is 36.8 Å². The van der Waals surface area contributed by atoms with Crippen molar-refractivity contribution < 1.29 is 0 Å². The van der Waals surface area contributed by atoms with Gasteiger partial charge in [0, 0.05) is 6.04 Å². The number of nitrogens with one attached hydrogen (secondary N) is 1. The van der Waals surface area contributed by atoms with Crippen LogP contribution in [0.5, 0.6) is 0 Å². The van der Waals surface area contributed by atoms with Gasteiger partial charge in [-0.05, 0) is 35.3 Å². The van der Waals surface area contributed by atoms with Crippen LogP contribution in [0.1, 0.15) is 63.6 Å². The van der Waals surface area contributed by atoms with E-state index in [4.69, 9.17) is 5.84 Å². The molecule has 0 aromatic heterocycles. The van der Waals surface area contributed by atoms with E-state index in [9.17, 15) is 0 Å². The molecule has 0 amide bonds. The fourth-order valence-corrected chi connectivity index (χ4v) is 2.99. The fraction of sp³-hybridized carbons (Fsp3) is 0.625. The SMILES string of the molecule is CC(C)(C)c1ccc(C(NN)C2CCCC2)cc1. The summed E-state index contributed by atoms with van der Waals surface area (Å²) in [6.07, 6.45) is 5.30. The Balaban J connectivity index is 2.16. The quantitative estimate of drug-likeness (QED) is 0.630. The zero-order valence-electron chi connectivity index (χ0n) is 11.9. The van der Waals surface area contributed by atoms with Crippen LogP contribution in [0.2, 0.25) is 0 Å². The average molecular weight is 246 g/mol. The van der Waals surface area contributed by atoms with Gasteiger partial charge in [0.15, 0.2) is 0 Å². The lowest BCUT2D eigenvalue weighted by molar-refractivity contribution is 0.373. The molecular weight excluding hydrogens is 220 g/mol. The first-order valence-corrected chi connectivity index (χ1v) is 7.09. The summed E-state index contributed by atoms with van der Waals surface area (Å²) in [5, 5.41) is 0. The van der Waals surface area contributed by atoms with Gasteiger partial charge >= 0.3 is 0 Å². The minimum absolute atomic E-state index is 0.220. The minimum Gasteiger partial charge on any atom is -0.271 e. The van der Waals surface area contributed by atoms with Crippen molar-refractivity contribution in [1.82, 2.24) is 5.43 Å². The summed E-state index contributed by atoms with van der Waals surface area (Å²) in [5.41, 5.74) is 5.95. The van der Waals surface area contributed by atoms with Crippen LogP contribution in [-0.4, -0.2) is 0 Å². The highest BCUT2D eigenvalue weighted by Crippen LogP contribution is 2.35. The Morgan fingerprint density at radius 2 is 1.67 bits per heavy atom. The monoisotopic (exact) mass is 246 g/mol. The van der Waals surface area contributed by atoms with E-state index in [-0.39, 0.29) is 5.41 Å². The molecule has 3 N–H and O–H groups in total. The van der Waals surface area contributed by atoms with E-state index in [1.54, 1.807) is 0 Å². The molecule has 2 nitrogen and oxygen atoms in total. The smallest absolute Gasteiger partial charge is 0.0488 e. The Kier molecular flexibility index (Phi) is 4.08. The highest BCUT2D eigenvalue weighted by atomic mass is 15.2. The molecule has 1 aromatic carbocycles. The van der Waals surface area contributed by atoms with Crippen LogP contribution in [0.3, 0.4) is 0 Å². The Labute approximate surface area is 111 Å². The summed E-state index contributed by atoms with van der Waals surface area (Å²) >= 11 is 0. The molecule has 0 aliphatic heterocycles. The molecular formula is C16H26N2. The molecule has 1 saturated carbocycles. The second-order valence-corrected chi connectivity index (χ2v) is 6.56. The lowest BCUT2D eigenvalue weighted by Crippen LogP contribution is -2.32. The maximum atomic E-state index is 5.76. The first-order chi connectivity index (χ1) is 8.52. The fourth-order valence-electron chi connectivity index (χ4n) is 2.99. The summed E-state index contributed by atoms with van der Waals surface area (Å²) in [4.78, 5) is 0. The molecule has 1 fully saturated rings. The maximum Gasteiger partial charge on any atom is 0.0488 e. The average Bonchev–Trinajstić information content (AvgIpc) is 2.83. The van der Waals surface area contributed by atoms with Crippen molar-refractivity contribution in [3.8, 4) is 0 Å². The number of hydrazine groups is 1. The third-order valence-corrected chi connectivity index (χ3v) is 4.19. The van der Waals surface area contributed by atoms with Crippen LogP contribution in [0, 0.1) is 5.92 Å². The van der Waals surface area contributed by atoms with Crippen LogP contribution in [-0.2, 0) is 5.41 Å². The van der Waals surface area contributed by atoms with Gasteiger partial charge in [-0.2, -0.15) is 0 Å². The largest absolute Gasteiger partial charge is 0.271 e. The molecule has 0 spiro atoms. The van der Waals surface area contributed by atoms with E-state index >= 15 is 0 Å². The number of hydrogen-bond donors (Lipinski definition) is 2. The second kappa shape index (κ2) is 5.41. The molecule has 0 saturated heterocycles. The molecule has 1 atom stereocenters. The molecule has 1 aliphatic rings. The van der Waals surface area contributed by atoms with E-state index in [1.807, 2.05) is 0 Å². The molecule has 1 aliphatic carbocycles. The first kappa shape index (κ1) is 13.6. The van der Waals surface area contributed by atoms with Crippen LogP contribution < -0.4 is 11.3 Å². The summed E-state index contributed by atoms with van der Waals surface area (Å²) in [7, 11) is 0. The molecule has 1 aromatic rings. The zero-order chi connectivity index (χ0) is 13.2. The van der Waals surface area contributed by atoms with Gasteiger partial charge in [0.2, 0.25) is 0 Å². The predicted molar refractivity (Wildman–Crippen MR) is 77.2 cm³/mol. The number of hydrogen-bond acceptors (Lipinski definition) is 2. The lowest BCUT2D eigenvalue weighted by atomic mass is 9.85. The van der Waals surface area contributed by atoms with Gasteiger partial charge in [-0.25, -0.2) is 0 Å². The Morgan fingerprint density at radius 3 is 2.11 bits per heavy atom. The Hall–Kier alpha value is -0.860. The molecule has 0 bridgehead atoms. The molecule has 2 heteroatoms. The van der Waals surface area contributed by atoms with Gasteiger partial charge in [-0.3, -0.25) is 11.3 Å². The van der Waals surface area contributed by atoms with Gasteiger partial charge in [0.05, 0.1) is 0 Å². The number of benzene rings is 1. The van der Waals surface area contributed by atoms with E-state index in [0.717, 1.165) is 0 Å². The van der Waals surface area contributed by atoms with Crippen LogP contribution >= 0.6 is 0 Å². The van der Waals surface area contributed by atoms with E-state index < -0.39 is 0 Å². The predicted octanol–water partition coefficient (Wildman–Crippen LogP) is 3.68. The third kappa shape index (κ3) is 2.93. The minimum atomic E-state index is 0.220. The standard InChI is InChI=1S/C16H26N2/c1-16(2,3)14-10-8-13(9-11-14)15(18-17)12-6-4-5-7-12/h8-12,15,18H,4-7,17H2,1-3H3. The van der Waals surface area contributed by atoms with Crippen LogP contribution in [0.25, 0.3) is 0 Å². The molecule has 2 rings (SSSR count). The van der Waals surface area contributed by atoms with Gasteiger partial charge in [-0.1, -0.05) is 57.9 Å². The Morgan fingerprint density at radius 1 is 1.11 bits per heavy atom. The highest BCUT2D eigenvalue weighted by Gasteiger charge is 2.25. The van der Waals surface area contributed by atoms with Crippen molar-refractivity contribution in [2.24, 2.45) is 11.8 Å². The van der Waals surface area contributed by atoms with E-state index in [0.29, 0.717) is 12.0 Å². The Bertz CT molecular complexity index is 369. The van der Waals surface area contributed by atoms with Crippen LogP contribution in [0.4, 0.5) is 0 Å². The van der Waals surface area contributed by atoms with Gasteiger partial charge in [0.25, 0.3) is 0 Å². The maximum absolute atomic E-state index is 5.76. The van der Waals surface area contributed by atoms with Gasteiger partial charge in [0.1, 0.15) is 0 Å². The van der Waals surface area contributed by atoms with Crippen molar-refractivity contribution in [3.63, 3.8) is 0 Å². The van der Waals surface area contributed by atoms with Crippen LogP contribution in [0.15, 0.2) is 24.3 Å². The molecule has 100 valence electrons. The van der Waals surface area contributed by atoms with Gasteiger partial charge in [-0.15, -0.1) is 0 Å². The first-order valence-electron chi connectivity index (χ1n) is 7.09. The van der Waals surface area contributed by atoms with Crippen molar-refractivity contribution in [3.05, 3.63) is 35.4 Å². The highest BCUT2D eigenvalue weighted by molar-refractivity contribution is 5.29. The van der Waals surface area contributed by atoms with Crippen molar-refractivity contribution in [1.29, 1.82) is 0 Å². The second-order valence-electron chi connectivity index (χ2n) is 6.56. The number of nitrogens with two attached hydrogens (primary N) is 1. The number of rotatable bonds is 3. The zero-order valence-corrected chi connectivity index (χ0v) is 11.9. The summed E-state index contributed by atoms with van der Waals surface area (Å²) < 4.78 is 0. The normalized spacial score (nSPS) is 19.1. The van der Waals surface area contributed by atoms with Crippen molar-refractivity contribution in [2.45, 2.75) is 57.9 Å². The molecule has 18 heavy (non-hydrogen) atoms. The molecule has 1 unspecified atom stereocenters. The molecule has 0 heterocycles. The van der Waals surface area contributed by atoms with Crippen molar-refractivity contribution >= 4 is 0 Å². The van der Waals surface area contributed by atoms with Gasteiger partial charge < -0.3 is 0 Å².